The van der Waals surface area contributed by atoms with Gasteiger partial charge in [-0.2, -0.15) is 0 Å². The van der Waals surface area contributed by atoms with E-state index >= 15 is 0 Å². The molecule has 0 saturated carbocycles. The van der Waals surface area contributed by atoms with Gasteiger partial charge in [-0.25, -0.2) is 4.98 Å². The third-order valence-electron chi connectivity index (χ3n) is 4.19. The zero-order valence-corrected chi connectivity index (χ0v) is 16.4. The van der Waals surface area contributed by atoms with Gasteiger partial charge in [0.25, 0.3) is 5.56 Å². The molecule has 0 N–H and O–H groups in total. The molecule has 0 bridgehead atoms. The van der Waals surface area contributed by atoms with Crippen LogP contribution in [-0.4, -0.2) is 23.3 Å². The highest BCUT2D eigenvalue weighted by Gasteiger charge is 2.20. The Hall–Kier alpha value is -1.69. The van der Waals surface area contributed by atoms with Crippen molar-refractivity contribution in [2.45, 2.75) is 33.2 Å². The number of fused-ring (bicyclic) bond motifs is 1. The summed E-state index contributed by atoms with van der Waals surface area (Å²) in [4.78, 5) is 20.0. The summed E-state index contributed by atoms with van der Waals surface area (Å²) in [5.41, 5.74) is 1.94. The summed E-state index contributed by atoms with van der Waals surface area (Å²) < 4.78 is 6.93. The van der Waals surface area contributed by atoms with E-state index in [1.165, 1.54) is 0 Å². The Bertz CT molecular complexity index is 958. The molecule has 0 aliphatic rings. The zero-order valence-electron chi connectivity index (χ0n) is 14.8. The predicted molar refractivity (Wildman–Crippen MR) is 105 cm³/mol. The van der Waals surface area contributed by atoms with Crippen molar-refractivity contribution in [3.8, 4) is 11.1 Å². The standard InChI is InChI=1S/C19H21ClN2O2S/c1-11(2)17-21-18-16(19(23)22(17)9-10-24-4)15(12(3)25-18)13-5-7-14(20)8-6-13/h5-8,11H,9-10H2,1-4H3. The van der Waals surface area contributed by atoms with Crippen LogP contribution in [-0.2, 0) is 11.3 Å². The van der Waals surface area contributed by atoms with Gasteiger partial charge in [0, 0.05) is 28.5 Å². The fourth-order valence-corrected chi connectivity index (χ4v) is 4.18. The van der Waals surface area contributed by atoms with Gasteiger partial charge in [-0.3, -0.25) is 9.36 Å². The highest BCUT2D eigenvalue weighted by molar-refractivity contribution is 7.19. The number of halogens is 1. The van der Waals surface area contributed by atoms with Gasteiger partial charge in [0.2, 0.25) is 0 Å². The molecule has 3 rings (SSSR count). The van der Waals surface area contributed by atoms with Crippen molar-refractivity contribution in [2.75, 3.05) is 13.7 Å². The molecule has 0 atom stereocenters. The fourth-order valence-electron chi connectivity index (χ4n) is 3.01. The molecule has 0 unspecified atom stereocenters. The molecular formula is C19H21ClN2O2S. The van der Waals surface area contributed by atoms with Crippen LogP contribution in [0.1, 0.15) is 30.5 Å². The molecular weight excluding hydrogens is 356 g/mol. The van der Waals surface area contributed by atoms with Crippen molar-refractivity contribution in [1.29, 1.82) is 0 Å². The lowest BCUT2D eigenvalue weighted by Gasteiger charge is -2.15. The molecule has 4 nitrogen and oxygen atoms in total. The molecule has 0 spiro atoms. The summed E-state index contributed by atoms with van der Waals surface area (Å²) in [6.45, 7) is 7.12. The fraction of sp³-hybridized carbons (Fsp3) is 0.368. The van der Waals surface area contributed by atoms with E-state index in [-0.39, 0.29) is 11.5 Å². The lowest BCUT2D eigenvalue weighted by molar-refractivity contribution is 0.184. The minimum Gasteiger partial charge on any atom is -0.383 e. The van der Waals surface area contributed by atoms with Gasteiger partial charge in [-0.05, 0) is 24.6 Å². The Morgan fingerprint density at radius 1 is 1.28 bits per heavy atom. The monoisotopic (exact) mass is 376 g/mol. The van der Waals surface area contributed by atoms with Gasteiger partial charge in [0.05, 0.1) is 18.5 Å². The molecule has 6 heteroatoms. The number of ether oxygens (including phenoxy) is 1. The van der Waals surface area contributed by atoms with Gasteiger partial charge < -0.3 is 4.74 Å². The van der Waals surface area contributed by atoms with Crippen LogP contribution in [0.25, 0.3) is 21.3 Å². The van der Waals surface area contributed by atoms with Crippen LogP contribution in [0.2, 0.25) is 5.02 Å². The van der Waals surface area contributed by atoms with Crippen LogP contribution < -0.4 is 5.56 Å². The third-order valence-corrected chi connectivity index (χ3v) is 5.44. The Morgan fingerprint density at radius 3 is 2.56 bits per heavy atom. The summed E-state index contributed by atoms with van der Waals surface area (Å²) >= 11 is 7.58. The first kappa shape index (κ1) is 18.1. The van der Waals surface area contributed by atoms with Crippen LogP contribution >= 0.6 is 22.9 Å². The van der Waals surface area contributed by atoms with Crippen LogP contribution in [0.3, 0.4) is 0 Å². The van der Waals surface area contributed by atoms with Crippen molar-refractivity contribution in [3.63, 3.8) is 0 Å². The Balaban J connectivity index is 2.31. The summed E-state index contributed by atoms with van der Waals surface area (Å²) in [5.74, 6) is 0.966. The first-order valence-corrected chi connectivity index (χ1v) is 9.42. The summed E-state index contributed by atoms with van der Waals surface area (Å²) in [7, 11) is 1.64. The van der Waals surface area contributed by atoms with Crippen LogP contribution in [0.15, 0.2) is 29.1 Å². The van der Waals surface area contributed by atoms with E-state index in [0.717, 1.165) is 26.7 Å². The molecule has 0 amide bonds. The van der Waals surface area contributed by atoms with Crippen molar-refractivity contribution in [1.82, 2.24) is 9.55 Å². The topological polar surface area (TPSA) is 44.1 Å². The normalized spacial score (nSPS) is 11.6. The molecule has 0 radical (unpaired) electrons. The number of thiophene rings is 1. The molecule has 2 heterocycles. The van der Waals surface area contributed by atoms with E-state index in [9.17, 15) is 4.79 Å². The maximum absolute atomic E-state index is 13.3. The maximum atomic E-state index is 13.3. The number of aromatic nitrogens is 2. The first-order valence-electron chi connectivity index (χ1n) is 8.22. The van der Waals surface area contributed by atoms with Gasteiger partial charge in [-0.1, -0.05) is 37.6 Å². The Morgan fingerprint density at radius 2 is 1.96 bits per heavy atom. The van der Waals surface area contributed by atoms with Gasteiger partial charge in [-0.15, -0.1) is 11.3 Å². The molecule has 1 aromatic carbocycles. The second-order valence-electron chi connectivity index (χ2n) is 6.29. The summed E-state index contributed by atoms with van der Waals surface area (Å²) in [6.07, 6.45) is 0. The maximum Gasteiger partial charge on any atom is 0.263 e. The Kier molecular flexibility index (Phi) is 5.27. The second-order valence-corrected chi connectivity index (χ2v) is 7.93. The molecule has 132 valence electrons. The number of methoxy groups -OCH3 is 1. The highest BCUT2D eigenvalue weighted by atomic mass is 35.5. The Labute approximate surface area is 156 Å². The second kappa shape index (κ2) is 7.28. The molecule has 0 saturated heterocycles. The number of aryl methyl sites for hydroxylation is 1. The number of nitrogens with zero attached hydrogens (tertiary/aromatic N) is 2. The van der Waals surface area contributed by atoms with Gasteiger partial charge >= 0.3 is 0 Å². The molecule has 3 aromatic rings. The first-order chi connectivity index (χ1) is 11.9. The average Bonchev–Trinajstić information content (AvgIpc) is 2.91. The van der Waals surface area contributed by atoms with E-state index in [0.29, 0.717) is 23.6 Å². The van der Waals surface area contributed by atoms with Crippen molar-refractivity contribution >= 4 is 33.2 Å². The number of rotatable bonds is 5. The summed E-state index contributed by atoms with van der Waals surface area (Å²) in [5, 5.41) is 1.36. The molecule has 0 aliphatic heterocycles. The number of benzene rings is 1. The van der Waals surface area contributed by atoms with Crippen molar-refractivity contribution in [2.24, 2.45) is 0 Å². The van der Waals surface area contributed by atoms with E-state index in [4.69, 9.17) is 21.3 Å². The van der Waals surface area contributed by atoms with Crippen molar-refractivity contribution < 1.29 is 4.74 Å². The minimum absolute atomic E-state index is 0.0000463. The zero-order chi connectivity index (χ0) is 18.1. The molecule has 25 heavy (non-hydrogen) atoms. The predicted octanol–water partition coefficient (Wildman–Crippen LogP) is 4.86. The smallest absolute Gasteiger partial charge is 0.263 e. The van der Waals surface area contributed by atoms with E-state index in [1.807, 2.05) is 31.2 Å². The van der Waals surface area contributed by atoms with Crippen molar-refractivity contribution in [3.05, 3.63) is 50.3 Å². The SMILES string of the molecule is COCCn1c(C(C)C)nc2sc(C)c(-c3ccc(Cl)cc3)c2c1=O. The number of hydrogen-bond acceptors (Lipinski definition) is 4. The average molecular weight is 377 g/mol. The number of hydrogen-bond donors (Lipinski definition) is 0. The van der Waals surface area contributed by atoms with E-state index in [1.54, 1.807) is 23.0 Å². The van der Waals surface area contributed by atoms with Crippen LogP contribution in [0.5, 0.6) is 0 Å². The molecule has 0 fully saturated rings. The minimum atomic E-state index is 0.0000463. The third kappa shape index (κ3) is 3.36. The van der Waals surface area contributed by atoms with E-state index < -0.39 is 0 Å². The molecule has 0 aliphatic carbocycles. The van der Waals surface area contributed by atoms with Crippen LogP contribution in [0, 0.1) is 6.92 Å². The highest BCUT2D eigenvalue weighted by Crippen LogP contribution is 2.36. The summed E-state index contributed by atoms with van der Waals surface area (Å²) in [6, 6.07) is 7.59. The quantitative estimate of drug-likeness (QED) is 0.638. The van der Waals surface area contributed by atoms with Gasteiger partial charge in [0.1, 0.15) is 10.7 Å². The van der Waals surface area contributed by atoms with Crippen LogP contribution in [0.4, 0.5) is 0 Å². The lowest BCUT2D eigenvalue weighted by atomic mass is 10.0. The largest absolute Gasteiger partial charge is 0.383 e. The lowest BCUT2D eigenvalue weighted by Crippen LogP contribution is -2.27. The van der Waals surface area contributed by atoms with E-state index in [2.05, 4.69) is 13.8 Å². The molecule has 2 aromatic heterocycles. The van der Waals surface area contributed by atoms with Gasteiger partial charge in [0.15, 0.2) is 0 Å².